The number of carbonyl (C=O) groups excluding carboxylic acids is 2. The highest BCUT2D eigenvalue weighted by atomic mass is 16.6. The van der Waals surface area contributed by atoms with E-state index in [-0.39, 0.29) is 23.5 Å². The summed E-state index contributed by atoms with van der Waals surface area (Å²) in [4.78, 5) is 39.8. The second-order valence-corrected chi connectivity index (χ2v) is 7.85. The first-order valence-corrected chi connectivity index (χ1v) is 10.1. The van der Waals surface area contributed by atoms with Crippen LogP contribution in [0.25, 0.3) is 0 Å². The van der Waals surface area contributed by atoms with E-state index >= 15 is 0 Å². The van der Waals surface area contributed by atoms with Crippen LogP contribution in [-0.4, -0.2) is 53.9 Å². The molecule has 0 bridgehead atoms. The largest absolute Gasteiger partial charge is 0.362 e. The molecule has 1 heterocycles. The average molecular weight is 408 g/mol. The number of amides is 2. The zero-order chi connectivity index (χ0) is 21.3. The molecule has 1 saturated carbocycles. The van der Waals surface area contributed by atoms with Crippen molar-refractivity contribution < 1.29 is 14.5 Å². The van der Waals surface area contributed by atoms with Gasteiger partial charge in [-0.25, -0.2) is 0 Å². The van der Waals surface area contributed by atoms with Gasteiger partial charge < -0.3 is 15.1 Å². The SMILES string of the molecule is Cc1ccc(C(=O)N2CCN(c3ccc(C(=O)NC4CC4)cc3[N+](=O)[O-])CC2)cc1. The molecule has 2 aliphatic rings. The molecule has 0 radical (unpaired) electrons. The van der Waals surface area contributed by atoms with E-state index in [1.807, 2.05) is 36.1 Å². The van der Waals surface area contributed by atoms with E-state index in [0.717, 1.165) is 18.4 Å². The molecular formula is C22H24N4O4. The first kappa shape index (κ1) is 19.9. The Balaban J connectivity index is 1.45. The van der Waals surface area contributed by atoms with Crippen molar-refractivity contribution in [1.82, 2.24) is 10.2 Å². The maximum absolute atomic E-state index is 12.7. The smallest absolute Gasteiger partial charge is 0.293 e. The number of piperazine rings is 1. The number of nitro groups is 1. The van der Waals surface area contributed by atoms with Crippen LogP contribution in [0.2, 0.25) is 0 Å². The minimum Gasteiger partial charge on any atom is -0.362 e. The number of benzene rings is 2. The van der Waals surface area contributed by atoms with E-state index in [1.165, 1.54) is 6.07 Å². The maximum Gasteiger partial charge on any atom is 0.293 e. The fraction of sp³-hybridized carbons (Fsp3) is 0.364. The lowest BCUT2D eigenvalue weighted by molar-refractivity contribution is -0.384. The van der Waals surface area contributed by atoms with Crippen LogP contribution in [0, 0.1) is 17.0 Å². The third-order valence-corrected chi connectivity index (χ3v) is 5.55. The second kappa shape index (κ2) is 8.14. The van der Waals surface area contributed by atoms with Crippen molar-refractivity contribution in [2.24, 2.45) is 0 Å². The summed E-state index contributed by atoms with van der Waals surface area (Å²) in [7, 11) is 0. The molecule has 0 aromatic heterocycles. The topological polar surface area (TPSA) is 95.8 Å². The molecule has 2 fully saturated rings. The summed E-state index contributed by atoms with van der Waals surface area (Å²) in [5, 5.41) is 14.5. The number of nitrogens with zero attached hydrogens (tertiary/aromatic N) is 3. The first-order valence-electron chi connectivity index (χ1n) is 10.1. The number of hydrogen-bond acceptors (Lipinski definition) is 5. The molecule has 1 N–H and O–H groups in total. The molecule has 1 aliphatic heterocycles. The van der Waals surface area contributed by atoms with Crippen molar-refractivity contribution in [1.29, 1.82) is 0 Å². The average Bonchev–Trinajstić information content (AvgIpc) is 3.57. The van der Waals surface area contributed by atoms with Crippen molar-refractivity contribution >= 4 is 23.2 Å². The lowest BCUT2D eigenvalue weighted by Gasteiger charge is -2.36. The van der Waals surface area contributed by atoms with E-state index in [9.17, 15) is 19.7 Å². The Labute approximate surface area is 174 Å². The van der Waals surface area contributed by atoms with Crippen LogP contribution in [0.3, 0.4) is 0 Å². The lowest BCUT2D eigenvalue weighted by Crippen LogP contribution is -2.49. The number of nitro benzene ring substituents is 1. The van der Waals surface area contributed by atoms with Gasteiger partial charge in [-0.3, -0.25) is 19.7 Å². The van der Waals surface area contributed by atoms with Crippen LogP contribution < -0.4 is 10.2 Å². The normalized spacial score (nSPS) is 16.3. The number of anilines is 1. The van der Waals surface area contributed by atoms with Crippen molar-refractivity contribution in [2.45, 2.75) is 25.8 Å². The predicted molar refractivity (Wildman–Crippen MR) is 113 cm³/mol. The minimum atomic E-state index is -0.451. The maximum atomic E-state index is 12.7. The molecule has 1 aliphatic carbocycles. The Morgan fingerprint density at radius 2 is 1.63 bits per heavy atom. The van der Waals surface area contributed by atoms with Crippen LogP contribution in [0.4, 0.5) is 11.4 Å². The Kier molecular flexibility index (Phi) is 5.39. The summed E-state index contributed by atoms with van der Waals surface area (Å²) < 4.78 is 0. The van der Waals surface area contributed by atoms with Gasteiger partial charge in [-0.05, 0) is 44.0 Å². The number of aryl methyl sites for hydroxylation is 1. The number of rotatable bonds is 5. The fourth-order valence-corrected chi connectivity index (χ4v) is 3.60. The molecule has 8 heteroatoms. The monoisotopic (exact) mass is 408 g/mol. The summed E-state index contributed by atoms with van der Waals surface area (Å²) in [5.74, 6) is -0.308. The molecule has 2 aromatic carbocycles. The molecular weight excluding hydrogens is 384 g/mol. The summed E-state index contributed by atoms with van der Waals surface area (Å²) in [5.41, 5.74) is 2.43. The highest BCUT2D eigenvalue weighted by Gasteiger charge is 2.28. The van der Waals surface area contributed by atoms with Gasteiger partial charge in [0, 0.05) is 49.4 Å². The number of carbonyl (C=O) groups is 2. The van der Waals surface area contributed by atoms with Crippen molar-refractivity contribution in [3.8, 4) is 0 Å². The molecule has 0 spiro atoms. The van der Waals surface area contributed by atoms with E-state index < -0.39 is 4.92 Å². The van der Waals surface area contributed by atoms with Gasteiger partial charge in [0.1, 0.15) is 5.69 Å². The molecule has 8 nitrogen and oxygen atoms in total. The van der Waals surface area contributed by atoms with Crippen molar-refractivity contribution in [3.05, 3.63) is 69.3 Å². The Morgan fingerprint density at radius 3 is 2.23 bits per heavy atom. The Bertz CT molecular complexity index is 977. The van der Waals surface area contributed by atoms with Gasteiger partial charge in [-0.1, -0.05) is 17.7 Å². The first-order chi connectivity index (χ1) is 14.4. The van der Waals surface area contributed by atoms with Crippen LogP contribution in [0.1, 0.15) is 39.1 Å². The van der Waals surface area contributed by atoms with Gasteiger partial charge in [-0.2, -0.15) is 0 Å². The van der Waals surface area contributed by atoms with E-state index in [0.29, 0.717) is 43.0 Å². The number of nitrogens with one attached hydrogen (secondary N) is 1. The summed E-state index contributed by atoms with van der Waals surface area (Å²) in [6.07, 6.45) is 1.91. The molecule has 156 valence electrons. The van der Waals surface area contributed by atoms with Gasteiger partial charge in [0.25, 0.3) is 17.5 Å². The van der Waals surface area contributed by atoms with Gasteiger partial charge in [0.05, 0.1) is 4.92 Å². The quantitative estimate of drug-likeness (QED) is 0.606. The van der Waals surface area contributed by atoms with Crippen LogP contribution >= 0.6 is 0 Å². The minimum absolute atomic E-state index is 0.0313. The Hall–Kier alpha value is -3.42. The molecule has 2 aromatic rings. The van der Waals surface area contributed by atoms with E-state index in [2.05, 4.69) is 5.32 Å². The third kappa shape index (κ3) is 4.27. The zero-order valence-electron chi connectivity index (χ0n) is 16.8. The van der Waals surface area contributed by atoms with Crippen molar-refractivity contribution in [2.75, 3.05) is 31.1 Å². The van der Waals surface area contributed by atoms with Crippen molar-refractivity contribution in [3.63, 3.8) is 0 Å². The molecule has 30 heavy (non-hydrogen) atoms. The Morgan fingerprint density at radius 1 is 1.00 bits per heavy atom. The zero-order valence-corrected chi connectivity index (χ0v) is 16.8. The molecule has 0 atom stereocenters. The van der Waals surface area contributed by atoms with Gasteiger partial charge in [-0.15, -0.1) is 0 Å². The molecule has 2 amide bonds. The van der Waals surface area contributed by atoms with E-state index in [1.54, 1.807) is 17.0 Å². The third-order valence-electron chi connectivity index (χ3n) is 5.55. The van der Waals surface area contributed by atoms with Crippen LogP contribution in [0.5, 0.6) is 0 Å². The van der Waals surface area contributed by atoms with Gasteiger partial charge in [0.15, 0.2) is 0 Å². The number of hydrogen-bond donors (Lipinski definition) is 1. The molecule has 0 unspecified atom stereocenters. The van der Waals surface area contributed by atoms with Gasteiger partial charge in [0.2, 0.25) is 0 Å². The molecule has 4 rings (SSSR count). The lowest BCUT2D eigenvalue weighted by atomic mass is 10.1. The van der Waals surface area contributed by atoms with Crippen LogP contribution in [-0.2, 0) is 0 Å². The summed E-state index contributed by atoms with van der Waals surface area (Å²) in [6.45, 7) is 3.92. The predicted octanol–water partition coefficient (Wildman–Crippen LogP) is 2.76. The highest BCUT2D eigenvalue weighted by Crippen LogP contribution is 2.31. The summed E-state index contributed by atoms with van der Waals surface area (Å²) in [6, 6.07) is 12.3. The van der Waals surface area contributed by atoms with Gasteiger partial charge >= 0.3 is 0 Å². The van der Waals surface area contributed by atoms with Crippen LogP contribution in [0.15, 0.2) is 42.5 Å². The summed E-state index contributed by atoms with van der Waals surface area (Å²) >= 11 is 0. The fourth-order valence-electron chi connectivity index (χ4n) is 3.60. The second-order valence-electron chi connectivity index (χ2n) is 7.85. The highest BCUT2D eigenvalue weighted by molar-refractivity contribution is 5.96. The van der Waals surface area contributed by atoms with E-state index in [4.69, 9.17) is 0 Å². The standard InChI is InChI=1S/C22H24N4O4/c1-15-2-4-16(5-3-15)22(28)25-12-10-24(11-13-25)19-9-6-17(14-20(19)26(29)30)21(27)23-18-7-8-18/h2-6,9,14,18H,7-8,10-13H2,1H3,(H,23,27). The molecule has 1 saturated heterocycles.